The summed E-state index contributed by atoms with van der Waals surface area (Å²) in [6.07, 6.45) is -0.225. The molecular formula is C21H21ClF5N7. The summed E-state index contributed by atoms with van der Waals surface area (Å²) in [5, 5.41) is 3.99. The van der Waals surface area contributed by atoms with Crippen LogP contribution in [0.4, 0.5) is 33.5 Å². The molecule has 0 atom stereocenters. The minimum atomic E-state index is -4.54. The Bertz CT molecular complexity index is 1190. The minimum Gasteiger partial charge on any atom is -0.369 e. The lowest BCUT2D eigenvalue weighted by atomic mass is 9.78. The summed E-state index contributed by atoms with van der Waals surface area (Å²) in [6.45, 7) is 2.23. The number of rotatable bonds is 4. The van der Waals surface area contributed by atoms with E-state index in [1.807, 2.05) is 4.90 Å². The number of anilines is 2. The van der Waals surface area contributed by atoms with Crippen molar-refractivity contribution in [3.8, 4) is 0 Å². The van der Waals surface area contributed by atoms with Crippen molar-refractivity contribution < 1.29 is 22.0 Å². The van der Waals surface area contributed by atoms with E-state index in [4.69, 9.17) is 11.6 Å². The van der Waals surface area contributed by atoms with Gasteiger partial charge in [0.2, 0.25) is 0 Å². The van der Waals surface area contributed by atoms with Gasteiger partial charge in [-0.05, 0) is 30.7 Å². The van der Waals surface area contributed by atoms with Crippen LogP contribution in [0.25, 0.3) is 11.2 Å². The number of nitrogens with zero attached hydrogens (tertiary/aromatic N) is 7. The van der Waals surface area contributed by atoms with E-state index in [0.29, 0.717) is 48.8 Å². The highest BCUT2D eigenvalue weighted by molar-refractivity contribution is 6.33. The van der Waals surface area contributed by atoms with Crippen molar-refractivity contribution in [2.75, 3.05) is 36.0 Å². The Morgan fingerprint density at radius 2 is 1.71 bits per heavy atom. The fourth-order valence-corrected chi connectivity index (χ4v) is 5.10. The Kier molecular flexibility index (Phi) is 5.73. The fourth-order valence-electron chi connectivity index (χ4n) is 4.83. The summed E-state index contributed by atoms with van der Waals surface area (Å²) in [5.74, 6) is 0.614. The number of hydrogen-bond acceptors (Lipinski definition) is 6. The summed E-state index contributed by atoms with van der Waals surface area (Å²) < 4.78 is 65.5. The van der Waals surface area contributed by atoms with Gasteiger partial charge >= 0.3 is 6.18 Å². The number of alkyl halides is 5. The van der Waals surface area contributed by atoms with Gasteiger partial charge in [-0.25, -0.2) is 28.4 Å². The monoisotopic (exact) mass is 501 g/mol. The van der Waals surface area contributed by atoms with Crippen LogP contribution >= 0.6 is 11.6 Å². The zero-order valence-corrected chi connectivity index (χ0v) is 18.7. The van der Waals surface area contributed by atoms with Crippen molar-refractivity contribution in [2.24, 2.45) is 5.41 Å². The third-order valence-electron chi connectivity index (χ3n) is 6.70. The molecule has 0 radical (unpaired) electrons. The average molecular weight is 502 g/mol. The van der Waals surface area contributed by atoms with Crippen LogP contribution in [0.3, 0.4) is 0 Å². The highest BCUT2D eigenvalue weighted by Crippen LogP contribution is 2.44. The summed E-state index contributed by atoms with van der Waals surface area (Å²) in [6, 6.07) is 0.873. The SMILES string of the molecule is FC(F)Cn1ncc2ncc(N3CCC4(CC3)CCN(c3cnc(C(F)(F)F)cc3Cl)C4)nc21. The smallest absolute Gasteiger partial charge is 0.369 e. The maximum Gasteiger partial charge on any atom is 0.433 e. The first-order chi connectivity index (χ1) is 16.1. The molecule has 2 fully saturated rings. The second-order valence-corrected chi connectivity index (χ2v) is 9.24. The molecule has 3 aromatic heterocycles. The highest BCUT2D eigenvalue weighted by atomic mass is 35.5. The molecule has 7 nitrogen and oxygen atoms in total. The van der Waals surface area contributed by atoms with Gasteiger partial charge in [0.25, 0.3) is 6.43 Å². The summed E-state index contributed by atoms with van der Waals surface area (Å²) in [4.78, 5) is 16.5. The number of fused-ring (bicyclic) bond motifs is 1. The van der Waals surface area contributed by atoms with Crippen LogP contribution in [-0.4, -0.2) is 57.3 Å². The Labute approximate surface area is 196 Å². The fraction of sp³-hybridized carbons (Fsp3) is 0.524. The number of halogens is 6. The van der Waals surface area contributed by atoms with E-state index in [2.05, 4.69) is 25.0 Å². The van der Waals surface area contributed by atoms with Crippen LogP contribution in [0.2, 0.25) is 5.02 Å². The lowest BCUT2D eigenvalue weighted by molar-refractivity contribution is -0.141. The van der Waals surface area contributed by atoms with Crippen LogP contribution in [0.1, 0.15) is 25.0 Å². The quantitative estimate of drug-likeness (QED) is 0.485. The topological polar surface area (TPSA) is 63.0 Å². The number of aromatic nitrogens is 5. The second kappa shape index (κ2) is 8.47. The van der Waals surface area contributed by atoms with Gasteiger partial charge in [-0.2, -0.15) is 18.3 Å². The van der Waals surface area contributed by atoms with E-state index < -0.39 is 24.8 Å². The van der Waals surface area contributed by atoms with Crippen LogP contribution < -0.4 is 9.80 Å². The molecule has 0 aliphatic carbocycles. The first-order valence-electron chi connectivity index (χ1n) is 10.8. The van der Waals surface area contributed by atoms with Crippen molar-refractivity contribution in [2.45, 2.75) is 38.4 Å². The van der Waals surface area contributed by atoms with Gasteiger partial charge in [0.05, 0.1) is 29.3 Å². The molecule has 13 heteroatoms. The first kappa shape index (κ1) is 23.0. The molecule has 3 aromatic rings. The van der Waals surface area contributed by atoms with Crippen molar-refractivity contribution in [1.82, 2.24) is 24.7 Å². The largest absolute Gasteiger partial charge is 0.433 e. The average Bonchev–Trinajstić information content (AvgIpc) is 3.37. The molecule has 2 aliphatic rings. The third kappa shape index (κ3) is 4.35. The van der Waals surface area contributed by atoms with Gasteiger partial charge in [0, 0.05) is 26.2 Å². The zero-order chi connectivity index (χ0) is 24.1. The summed E-state index contributed by atoms with van der Waals surface area (Å²) in [5.41, 5.74) is 0.312. The van der Waals surface area contributed by atoms with Crippen LogP contribution in [0.5, 0.6) is 0 Å². The molecule has 182 valence electrons. The van der Waals surface area contributed by atoms with Gasteiger partial charge in [-0.1, -0.05) is 11.6 Å². The molecule has 5 heterocycles. The van der Waals surface area contributed by atoms with E-state index in [1.165, 1.54) is 17.1 Å². The Hall–Kier alpha value is -2.76. The van der Waals surface area contributed by atoms with Gasteiger partial charge in [0.1, 0.15) is 23.6 Å². The number of pyridine rings is 1. The molecule has 0 N–H and O–H groups in total. The molecular weight excluding hydrogens is 481 g/mol. The molecule has 0 amide bonds. The van der Waals surface area contributed by atoms with Crippen LogP contribution in [0.15, 0.2) is 24.7 Å². The van der Waals surface area contributed by atoms with Crippen molar-refractivity contribution in [1.29, 1.82) is 0 Å². The molecule has 5 rings (SSSR count). The van der Waals surface area contributed by atoms with Gasteiger partial charge in [-0.15, -0.1) is 0 Å². The van der Waals surface area contributed by atoms with E-state index in [9.17, 15) is 22.0 Å². The van der Waals surface area contributed by atoms with Crippen molar-refractivity contribution in [3.05, 3.63) is 35.4 Å². The molecule has 0 saturated carbocycles. The first-order valence-corrected chi connectivity index (χ1v) is 11.2. The van der Waals surface area contributed by atoms with E-state index in [1.54, 1.807) is 6.20 Å². The Morgan fingerprint density at radius 3 is 2.35 bits per heavy atom. The molecule has 1 spiro atoms. The van der Waals surface area contributed by atoms with E-state index >= 15 is 0 Å². The number of hydrogen-bond donors (Lipinski definition) is 0. The van der Waals surface area contributed by atoms with Gasteiger partial charge < -0.3 is 9.80 Å². The molecule has 34 heavy (non-hydrogen) atoms. The predicted octanol–water partition coefficient (Wildman–Crippen LogP) is 4.66. The van der Waals surface area contributed by atoms with E-state index in [-0.39, 0.29) is 10.4 Å². The molecule has 0 unspecified atom stereocenters. The molecule has 2 aliphatic heterocycles. The minimum absolute atomic E-state index is 0.0114. The van der Waals surface area contributed by atoms with Gasteiger partial charge in [-0.3, -0.25) is 0 Å². The predicted molar refractivity (Wildman–Crippen MR) is 116 cm³/mol. The Morgan fingerprint density at radius 1 is 1.00 bits per heavy atom. The summed E-state index contributed by atoms with van der Waals surface area (Å²) in [7, 11) is 0. The normalized spacial score (nSPS) is 18.6. The summed E-state index contributed by atoms with van der Waals surface area (Å²) >= 11 is 6.17. The highest BCUT2D eigenvalue weighted by Gasteiger charge is 2.42. The molecule has 0 aromatic carbocycles. The maximum atomic E-state index is 12.9. The lowest BCUT2D eigenvalue weighted by Gasteiger charge is -2.39. The molecule has 2 saturated heterocycles. The van der Waals surface area contributed by atoms with Crippen LogP contribution in [0, 0.1) is 5.41 Å². The Balaban J connectivity index is 1.27. The van der Waals surface area contributed by atoms with Crippen molar-refractivity contribution in [3.63, 3.8) is 0 Å². The van der Waals surface area contributed by atoms with Gasteiger partial charge in [0.15, 0.2) is 5.65 Å². The standard InChI is InChI=1S/C21H21ClF5N7/c22-13-7-16(21(25,26)27)29-9-15(13)33-6-3-20(12-33)1-4-32(5-2-20)18-10-28-14-8-30-34(11-17(23)24)19(14)31-18/h7-10,17H,1-6,11-12H2. The molecule has 0 bridgehead atoms. The number of piperidine rings is 1. The maximum absolute atomic E-state index is 12.9. The lowest BCUT2D eigenvalue weighted by Crippen LogP contribution is -2.42. The van der Waals surface area contributed by atoms with E-state index in [0.717, 1.165) is 25.3 Å². The van der Waals surface area contributed by atoms with Crippen molar-refractivity contribution >= 4 is 34.3 Å². The zero-order valence-electron chi connectivity index (χ0n) is 17.9. The van der Waals surface area contributed by atoms with Crippen LogP contribution in [-0.2, 0) is 12.7 Å². The second-order valence-electron chi connectivity index (χ2n) is 8.83. The third-order valence-corrected chi connectivity index (χ3v) is 7.00.